The number of hydrogen-bond acceptors (Lipinski definition) is 15. The number of rotatable bonds is 15. The van der Waals surface area contributed by atoms with Gasteiger partial charge in [-0.3, -0.25) is 29.3 Å². The number of ether oxygens (including phenoxy) is 1. The minimum absolute atomic E-state index is 0.203. The summed E-state index contributed by atoms with van der Waals surface area (Å²) >= 11 is 3.65. The third kappa shape index (κ3) is 12.2. The van der Waals surface area contributed by atoms with Crippen LogP contribution in [0.1, 0.15) is 49.0 Å². The Kier molecular flexibility index (Phi) is 15.7. The van der Waals surface area contributed by atoms with Gasteiger partial charge in [0.1, 0.15) is 30.4 Å². The molecule has 75 heavy (non-hydrogen) atoms. The number of carbonyl (C=O) groups is 3. The molecule has 7 heterocycles. The largest absolute Gasteiger partial charge is 0.494 e. The quantitative estimate of drug-likeness (QED) is 0.0583. The summed E-state index contributed by atoms with van der Waals surface area (Å²) in [4.78, 5) is 60.5. The summed E-state index contributed by atoms with van der Waals surface area (Å²) in [6.07, 6.45) is 12.2. The Morgan fingerprint density at radius 3 is 2.24 bits per heavy atom. The summed E-state index contributed by atoms with van der Waals surface area (Å²) in [5.41, 5.74) is 7.85. The lowest BCUT2D eigenvalue weighted by Gasteiger charge is -2.44. The van der Waals surface area contributed by atoms with E-state index in [9.17, 15) is 18.9 Å². The molecule has 0 spiro atoms. The van der Waals surface area contributed by atoms with E-state index in [2.05, 4.69) is 84.0 Å². The number of anilines is 6. The van der Waals surface area contributed by atoms with Gasteiger partial charge in [-0.25, -0.2) is 9.97 Å². The van der Waals surface area contributed by atoms with Crippen molar-refractivity contribution in [3.8, 4) is 28.0 Å². The van der Waals surface area contributed by atoms with Crippen molar-refractivity contribution in [2.75, 3.05) is 99.8 Å². The van der Waals surface area contributed by atoms with Gasteiger partial charge in [0.15, 0.2) is 0 Å². The zero-order valence-corrected chi connectivity index (χ0v) is 45.4. The first-order chi connectivity index (χ1) is 36.2. The molecule has 3 aromatic heterocycles. The number of carbonyl (C=O) groups excluding carboxylic acids is 3. The van der Waals surface area contributed by atoms with Crippen LogP contribution in [-0.2, 0) is 21.2 Å². The van der Waals surface area contributed by atoms with Crippen LogP contribution in [0, 0.1) is 5.92 Å². The number of amides is 3. The first-order valence-corrected chi connectivity index (χ1v) is 29.2. The maximum absolute atomic E-state index is 13.7. The zero-order valence-electron chi connectivity index (χ0n) is 43.0. The van der Waals surface area contributed by atoms with Crippen molar-refractivity contribution >= 4 is 80.6 Å². The molecule has 392 valence electrons. The van der Waals surface area contributed by atoms with Gasteiger partial charge in [0.05, 0.1) is 41.0 Å². The van der Waals surface area contributed by atoms with Gasteiger partial charge in [0, 0.05) is 119 Å². The van der Waals surface area contributed by atoms with Crippen molar-refractivity contribution in [2.24, 2.45) is 13.0 Å². The number of hydrogen-bond donors (Lipinski definition) is 4. The number of aryl methyl sites for hydroxylation is 1. The van der Waals surface area contributed by atoms with Crippen LogP contribution in [-0.4, -0.2) is 144 Å². The fourth-order valence-corrected chi connectivity index (χ4v) is 12.3. The summed E-state index contributed by atoms with van der Waals surface area (Å²) < 4.78 is 22.2. The molecule has 0 saturated carbocycles. The molecule has 4 aliphatic rings. The van der Waals surface area contributed by atoms with Gasteiger partial charge < -0.3 is 40.0 Å². The van der Waals surface area contributed by atoms with E-state index in [1.54, 1.807) is 38.9 Å². The number of piperidine rings is 3. The zero-order chi connectivity index (χ0) is 52.2. The highest BCUT2D eigenvalue weighted by atomic mass is 79.9. The number of piperazine rings is 1. The van der Waals surface area contributed by atoms with Crippen LogP contribution in [0.2, 0.25) is 0 Å². The standard InChI is InChI=1S/C55H65BrN13O5P/c1-65-35-39(31-59-65)42-29-47(62-55-58-33-43(56)52(64-55)60-44-12-10-38(28-50(44)75(3,4)73)37-8-6-5-7-9-37)49(74-2)30-48(42)69-22-18-40(19-23-69)68-26-24-66(25-27-68)34-36-16-20-67(21-17-36)41-11-13-45(57-32-41)53(71)61-46-14-15-51(70)63-54(46)72/h5-13,28-33,35-36,40,46H,14-27,34H2,1-4H3,(H,61,71)(H,63,70,72)(H2,58,60,62,64). The molecule has 4 saturated heterocycles. The highest BCUT2D eigenvalue weighted by molar-refractivity contribution is 9.10. The molecule has 4 N–H and O–H groups in total. The molecule has 4 fully saturated rings. The summed E-state index contributed by atoms with van der Waals surface area (Å²) in [6, 6.07) is 23.7. The van der Waals surface area contributed by atoms with Gasteiger partial charge in [-0.05, 0) is 109 Å². The van der Waals surface area contributed by atoms with Crippen LogP contribution in [0.3, 0.4) is 0 Å². The fraction of sp³-hybridized carbons (Fsp3) is 0.400. The molecular weight excluding hydrogens is 1030 g/mol. The van der Waals surface area contributed by atoms with E-state index < -0.39 is 25.0 Å². The highest BCUT2D eigenvalue weighted by Gasteiger charge is 2.32. The van der Waals surface area contributed by atoms with Gasteiger partial charge >= 0.3 is 0 Å². The molecule has 0 aliphatic carbocycles. The number of pyridine rings is 1. The van der Waals surface area contributed by atoms with E-state index in [1.807, 2.05) is 78.7 Å². The molecule has 1 unspecified atom stereocenters. The van der Waals surface area contributed by atoms with Gasteiger partial charge in [0.2, 0.25) is 17.8 Å². The Morgan fingerprint density at radius 2 is 1.56 bits per heavy atom. The van der Waals surface area contributed by atoms with Gasteiger partial charge in [-0.1, -0.05) is 36.4 Å². The van der Waals surface area contributed by atoms with Crippen LogP contribution in [0.15, 0.2) is 102 Å². The number of benzene rings is 3. The molecular formula is C55H65BrN13O5P. The maximum Gasteiger partial charge on any atom is 0.270 e. The summed E-state index contributed by atoms with van der Waals surface area (Å²) in [6.45, 7) is 12.7. The Morgan fingerprint density at radius 1 is 0.800 bits per heavy atom. The third-order valence-electron chi connectivity index (χ3n) is 15.0. The predicted molar refractivity (Wildman–Crippen MR) is 299 cm³/mol. The monoisotopic (exact) mass is 1100 g/mol. The summed E-state index contributed by atoms with van der Waals surface area (Å²) in [5, 5.41) is 17.2. The van der Waals surface area contributed by atoms with Crippen molar-refractivity contribution in [1.29, 1.82) is 0 Å². The van der Waals surface area contributed by atoms with Crippen molar-refractivity contribution < 1.29 is 23.7 Å². The Hall–Kier alpha value is -6.66. The maximum atomic E-state index is 13.7. The average Bonchev–Trinajstić information content (AvgIpc) is 3.86. The molecule has 0 radical (unpaired) electrons. The molecule has 4 aliphatic heterocycles. The number of imide groups is 1. The van der Waals surface area contributed by atoms with Crippen LogP contribution >= 0.6 is 23.1 Å². The second-order valence-corrected chi connectivity index (χ2v) is 24.5. The van der Waals surface area contributed by atoms with Crippen LogP contribution < -0.4 is 41.1 Å². The highest BCUT2D eigenvalue weighted by Crippen LogP contribution is 2.43. The number of methoxy groups -OCH3 is 1. The number of aromatic nitrogens is 5. The predicted octanol–water partition coefficient (Wildman–Crippen LogP) is 7.48. The molecule has 6 aromatic rings. The van der Waals surface area contributed by atoms with Crippen molar-refractivity contribution in [2.45, 2.75) is 50.6 Å². The van der Waals surface area contributed by atoms with E-state index in [4.69, 9.17) is 9.72 Å². The van der Waals surface area contributed by atoms with Crippen LogP contribution in [0.4, 0.5) is 34.5 Å². The van der Waals surface area contributed by atoms with E-state index >= 15 is 0 Å². The van der Waals surface area contributed by atoms with Crippen LogP contribution in [0.25, 0.3) is 22.3 Å². The van der Waals surface area contributed by atoms with E-state index in [0.717, 1.165) is 124 Å². The molecule has 3 amide bonds. The summed E-state index contributed by atoms with van der Waals surface area (Å²) in [7, 11) is 0.912. The molecule has 1 atom stereocenters. The van der Waals surface area contributed by atoms with Crippen molar-refractivity contribution in [3.63, 3.8) is 0 Å². The second-order valence-electron chi connectivity index (χ2n) is 20.4. The molecule has 20 heteroatoms. The van der Waals surface area contributed by atoms with E-state index in [0.29, 0.717) is 45.3 Å². The average molecular weight is 1100 g/mol. The first kappa shape index (κ1) is 51.8. The number of halogens is 1. The minimum atomic E-state index is -2.70. The third-order valence-corrected chi connectivity index (χ3v) is 17.1. The molecule has 3 aromatic carbocycles. The molecule has 18 nitrogen and oxygen atoms in total. The lowest BCUT2D eigenvalue weighted by Crippen LogP contribution is -2.54. The second kappa shape index (κ2) is 22.7. The topological polar surface area (TPSA) is 195 Å². The van der Waals surface area contributed by atoms with Gasteiger partial charge in [-0.15, -0.1) is 0 Å². The Bertz CT molecular complexity index is 3070. The van der Waals surface area contributed by atoms with Crippen molar-refractivity contribution in [3.05, 3.63) is 108 Å². The SMILES string of the molecule is COc1cc(N2CCC(N3CCN(CC4CCN(c5ccc(C(=O)NC6CCC(=O)NC6=O)nc5)CC4)CC3)CC2)c(-c2cnn(C)c2)cc1Nc1ncc(Br)c(Nc2ccc(-c3ccccc3)cc2P(C)(C)=O)n1. The van der Waals surface area contributed by atoms with Crippen LogP contribution in [0.5, 0.6) is 5.75 Å². The normalized spacial score (nSPS) is 18.4. The minimum Gasteiger partial charge on any atom is -0.494 e. The lowest BCUT2D eigenvalue weighted by molar-refractivity contribution is -0.134. The Balaban J connectivity index is 0.735. The fourth-order valence-electron chi connectivity index (χ4n) is 10.8. The van der Waals surface area contributed by atoms with Gasteiger partial charge in [-0.2, -0.15) is 10.1 Å². The number of nitrogens with zero attached hydrogens (tertiary/aromatic N) is 9. The molecule has 10 rings (SSSR count). The lowest BCUT2D eigenvalue weighted by atomic mass is 9.95. The van der Waals surface area contributed by atoms with E-state index in [1.165, 1.54) is 0 Å². The first-order valence-electron chi connectivity index (χ1n) is 25.8. The molecule has 0 bridgehead atoms. The van der Waals surface area contributed by atoms with Gasteiger partial charge in [0.25, 0.3) is 5.91 Å². The van der Waals surface area contributed by atoms with Crippen molar-refractivity contribution in [1.82, 2.24) is 45.2 Å². The van der Waals surface area contributed by atoms with E-state index in [-0.39, 0.29) is 24.4 Å². The summed E-state index contributed by atoms with van der Waals surface area (Å²) in [5.74, 6) is 0.980. The number of nitrogens with one attached hydrogen (secondary N) is 4. The Labute approximate surface area is 446 Å². The smallest absolute Gasteiger partial charge is 0.270 e.